The van der Waals surface area contributed by atoms with E-state index in [2.05, 4.69) is 4.90 Å². The largest absolute Gasteiger partial charge is 0.465 e. The van der Waals surface area contributed by atoms with Crippen LogP contribution in [-0.4, -0.2) is 44.9 Å². The molecule has 2 atom stereocenters. The average molecular weight is 278 g/mol. The molecular formula is C15H22N2O3. The maximum Gasteiger partial charge on any atom is 0.337 e. The van der Waals surface area contributed by atoms with Crippen molar-refractivity contribution in [2.24, 2.45) is 5.73 Å². The van der Waals surface area contributed by atoms with Crippen LogP contribution in [0.15, 0.2) is 24.3 Å². The van der Waals surface area contributed by atoms with Gasteiger partial charge in [0.25, 0.3) is 0 Å². The number of carbonyl (C=O) groups is 1. The topological polar surface area (TPSA) is 64.8 Å². The van der Waals surface area contributed by atoms with E-state index < -0.39 is 0 Å². The minimum atomic E-state index is -0.318. The van der Waals surface area contributed by atoms with E-state index in [1.807, 2.05) is 25.1 Å². The standard InChI is InChI=1S/C15H22N2O3/c1-3-20-14-10-17(8-7-13(14)16)12-6-4-5-11(9-12)15(18)19-2/h4-6,9,13-14H,3,7-8,10,16H2,1-2H3/t13-,14+/m1/s1. The van der Waals surface area contributed by atoms with Gasteiger partial charge in [-0.1, -0.05) is 6.07 Å². The van der Waals surface area contributed by atoms with E-state index in [1.54, 1.807) is 6.07 Å². The van der Waals surface area contributed by atoms with Gasteiger partial charge in [0.2, 0.25) is 0 Å². The van der Waals surface area contributed by atoms with Crippen LogP contribution in [0.1, 0.15) is 23.7 Å². The Balaban J connectivity index is 2.13. The summed E-state index contributed by atoms with van der Waals surface area (Å²) in [5, 5.41) is 0. The summed E-state index contributed by atoms with van der Waals surface area (Å²) in [6, 6.07) is 7.55. The first kappa shape index (κ1) is 14.8. The molecule has 20 heavy (non-hydrogen) atoms. The third kappa shape index (κ3) is 3.29. The lowest BCUT2D eigenvalue weighted by molar-refractivity contribution is 0.0389. The van der Waals surface area contributed by atoms with Gasteiger partial charge in [0.05, 0.1) is 18.8 Å². The van der Waals surface area contributed by atoms with Gasteiger partial charge in [-0.05, 0) is 31.5 Å². The summed E-state index contributed by atoms with van der Waals surface area (Å²) in [6.45, 7) is 4.26. The molecule has 1 aromatic rings. The first-order valence-electron chi connectivity index (χ1n) is 6.96. The molecule has 0 aliphatic carbocycles. The zero-order chi connectivity index (χ0) is 14.5. The van der Waals surface area contributed by atoms with Crippen molar-refractivity contribution in [2.45, 2.75) is 25.5 Å². The molecule has 1 aliphatic rings. The minimum Gasteiger partial charge on any atom is -0.465 e. The predicted molar refractivity (Wildman–Crippen MR) is 78.0 cm³/mol. The maximum absolute atomic E-state index is 11.6. The van der Waals surface area contributed by atoms with Crippen molar-refractivity contribution in [3.63, 3.8) is 0 Å². The molecule has 2 N–H and O–H groups in total. The molecule has 1 aliphatic heterocycles. The maximum atomic E-state index is 11.6. The molecule has 0 saturated carbocycles. The molecule has 0 bridgehead atoms. The smallest absolute Gasteiger partial charge is 0.337 e. The molecule has 1 fully saturated rings. The zero-order valence-corrected chi connectivity index (χ0v) is 12.0. The molecule has 0 amide bonds. The van der Waals surface area contributed by atoms with E-state index in [4.69, 9.17) is 15.2 Å². The fraction of sp³-hybridized carbons (Fsp3) is 0.533. The number of nitrogens with zero attached hydrogens (tertiary/aromatic N) is 1. The second-order valence-electron chi connectivity index (χ2n) is 4.93. The third-order valence-corrected chi connectivity index (χ3v) is 3.62. The molecule has 0 unspecified atom stereocenters. The van der Waals surface area contributed by atoms with Gasteiger partial charge in [0.1, 0.15) is 0 Å². The number of anilines is 1. The average Bonchev–Trinajstić information content (AvgIpc) is 2.49. The van der Waals surface area contributed by atoms with Gasteiger partial charge in [-0.2, -0.15) is 0 Å². The summed E-state index contributed by atoms with van der Waals surface area (Å²) < 4.78 is 10.4. The molecular weight excluding hydrogens is 256 g/mol. The summed E-state index contributed by atoms with van der Waals surface area (Å²) in [7, 11) is 1.39. The van der Waals surface area contributed by atoms with Crippen LogP contribution in [0, 0.1) is 0 Å². The van der Waals surface area contributed by atoms with E-state index >= 15 is 0 Å². The first-order chi connectivity index (χ1) is 9.65. The van der Waals surface area contributed by atoms with Crippen LogP contribution in [0.4, 0.5) is 5.69 Å². The van der Waals surface area contributed by atoms with Gasteiger partial charge in [-0.25, -0.2) is 4.79 Å². The van der Waals surface area contributed by atoms with Crippen molar-refractivity contribution < 1.29 is 14.3 Å². The number of ether oxygens (including phenoxy) is 2. The molecule has 5 nitrogen and oxygen atoms in total. The monoisotopic (exact) mass is 278 g/mol. The molecule has 1 heterocycles. The quantitative estimate of drug-likeness (QED) is 0.844. The van der Waals surface area contributed by atoms with Gasteiger partial charge in [-0.15, -0.1) is 0 Å². The number of piperidine rings is 1. The molecule has 110 valence electrons. The van der Waals surface area contributed by atoms with Crippen LogP contribution in [0.2, 0.25) is 0 Å². The van der Waals surface area contributed by atoms with E-state index in [1.165, 1.54) is 7.11 Å². The Morgan fingerprint density at radius 1 is 1.50 bits per heavy atom. The molecule has 1 aromatic carbocycles. The number of esters is 1. The highest BCUT2D eigenvalue weighted by atomic mass is 16.5. The van der Waals surface area contributed by atoms with Gasteiger partial charge in [0.15, 0.2) is 0 Å². The minimum absolute atomic E-state index is 0.0375. The summed E-state index contributed by atoms with van der Waals surface area (Å²) in [6.07, 6.45) is 0.920. The first-order valence-corrected chi connectivity index (χ1v) is 6.96. The number of nitrogens with two attached hydrogens (primary N) is 1. The van der Waals surface area contributed by atoms with Crippen molar-refractivity contribution in [1.82, 2.24) is 0 Å². The fourth-order valence-corrected chi connectivity index (χ4v) is 2.51. The lowest BCUT2D eigenvalue weighted by Crippen LogP contribution is -2.52. The van der Waals surface area contributed by atoms with Crippen LogP contribution >= 0.6 is 0 Å². The van der Waals surface area contributed by atoms with Gasteiger partial charge < -0.3 is 20.1 Å². The predicted octanol–water partition coefficient (Wildman–Crippen LogP) is 1.42. The van der Waals surface area contributed by atoms with E-state index in [0.717, 1.165) is 25.2 Å². The van der Waals surface area contributed by atoms with Crippen LogP contribution in [0.25, 0.3) is 0 Å². The normalized spacial score (nSPS) is 22.6. The van der Waals surface area contributed by atoms with Gasteiger partial charge in [0, 0.05) is 31.4 Å². The SMILES string of the molecule is CCO[C@H]1CN(c2cccc(C(=O)OC)c2)CC[C@H]1N. The van der Waals surface area contributed by atoms with Crippen LogP contribution in [-0.2, 0) is 9.47 Å². The second kappa shape index (κ2) is 6.72. The van der Waals surface area contributed by atoms with Crippen LogP contribution in [0.3, 0.4) is 0 Å². The third-order valence-electron chi connectivity index (χ3n) is 3.62. The number of benzene rings is 1. The number of rotatable bonds is 4. The highest BCUT2D eigenvalue weighted by Gasteiger charge is 2.27. The Bertz CT molecular complexity index is 464. The highest BCUT2D eigenvalue weighted by Crippen LogP contribution is 2.22. The fourth-order valence-electron chi connectivity index (χ4n) is 2.51. The molecule has 0 aromatic heterocycles. The van der Waals surface area contributed by atoms with Crippen molar-refractivity contribution in [3.8, 4) is 0 Å². The van der Waals surface area contributed by atoms with Crippen LogP contribution < -0.4 is 10.6 Å². The van der Waals surface area contributed by atoms with Crippen molar-refractivity contribution in [3.05, 3.63) is 29.8 Å². The number of carbonyl (C=O) groups excluding carboxylic acids is 1. The molecule has 0 radical (unpaired) electrons. The number of hydrogen-bond acceptors (Lipinski definition) is 5. The molecule has 1 saturated heterocycles. The molecule has 2 rings (SSSR count). The lowest BCUT2D eigenvalue weighted by atomic mass is 10.0. The summed E-state index contributed by atoms with van der Waals surface area (Å²) in [5.74, 6) is -0.318. The van der Waals surface area contributed by atoms with Gasteiger partial charge in [-0.3, -0.25) is 0 Å². The number of hydrogen-bond donors (Lipinski definition) is 1. The Morgan fingerprint density at radius 3 is 3.00 bits per heavy atom. The van der Waals surface area contributed by atoms with E-state index in [-0.39, 0.29) is 18.1 Å². The van der Waals surface area contributed by atoms with E-state index in [0.29, 0.717) is 12.2 Å². The summed E-state index contributed by atoms with van der Waals surface area (Å²) >= 11 is 0. The molecule has 0 spiro atoms. The van der Waals surface area contributed by atoms with Crippen molar-refractivity contribution >= 4 is 11.7 Å². The number of methoxy groups -OCH3 is 1. The molecule has 5 heteroatoms. The summed E-state index contributed by atoms with van der Waals surface area (Å²) in [5.41, 5.74) is 7.65. The Morgan fingerprint density at radius 2 is 2.30 bits per heavy atom. The Hall–Kier alpha value is -1.59. The van der Waals surface area contributed by atoms with E-state index in [9.17, 15) is 4.79 Å². The van der Waals surface area contributed by atoms with Crippen molar-refractivity contribution in [1.29, 1.82) is 0 Å². The Labute approximate surface area is 119 Å². The highest BCUT2D eigenvalue weighted by molar-refractivity contribution is 5.90. The second-order valence-corrected chi connectivity index (χ2v) is 4.93. The lowest BCUT2D eigenvalue weighted by Gasteiger charge is -2.38. The summed E-state index contributed by atoms with van der Waals surface area (Å²) in [4.78, 5) is 13.8. The van der Waals surface area contributed by atoms with Crippen molar-refractivity contribution in [2.75, 3.05) is 31.7 Å². The Kier molecular flexibility index (Phi) is 4.98. The zero-order valence-electron chi connectivity index (χ0n) is 12.0. The van der Waals surface area contributed by atoms with Crippen LogP contribution in [0.5, 0.6) is 0 Å². The van der Waals surface area contributed by atoms with Gasteiger partial charge >= 0.3 is 5.97 Å².